The van der Waals surface area contributed by atoms with E-state index >= 15 is 0 Å². The summed E-state index contributed by atoms with van der Waals surface area (Å²) in [5.74, 6) is -0.549. The Morgan fingerprint density at radius 1 is 0.667 bits per heavy atom. The van der Waals surface area contributed by atoms with Crippen molar-refractivity contribution in [2.75, 3.05) is 0 Å². The molecule has 0 amide bonds. The average molecular weight is 240 g/mol. The SMILES string of the molecule is Fc1cccc(-c2ccc3cccc(F)c3c2)c1. The molecule has 0 atom stereocenters. The molecular weight excluding hydrogens is 230 g/mol. The van der Waals surface area contributed by atoms with Crippen molar-refractivity contribution in [3.8, 4) is 11.1 Å². The Labute approximate surface area is 104 Å². The van der Waals surface area contributed by atoms with E-state index in [2.05, 4.69) is 0 Å². The molecule has 0 fully saturated rings. The van der Waals surface area contributed by atoms with Crippen LogP contribution in [0.15, 0.2) is 60.7 Å². The first-order chi connectivity index (χ1) is 8.74. The van der Waals surface area contributed by atoms with Gasteiger partial charge in [-0.15, -0.1) is 0 Å². The molecule has 0 unspecified atom stereocenters. The third-order valence-electron chi connectivity index (χ3n) is 2.99. The fourth-order valence-electron chi connectivity index (χ4n) is 2.08. The minimum absolute atomic E-state index is 0.259. The zero-order valence-corrected chi connectivity index (χ0v) is 9.53. The molecule has 0 radical (unpaired) electrons. The minimum Gasteiger partial charge on any atom is -0.207 e. The molecule has 3 aromatic rings. The fraction of sp³-hybridized carbons (Fsp3) is 0. The molecule has 0 aliphatic rings. The lowest BCUT2D eigenvalue weighted by Gasteiger charge is -2.05. The first-order valence-corrected chi connectivity index (χ1v) is 5.68. The van der Waals surface area contributed by atoms with Gasteiger partial charge in [-0.1, -0.05) is 36.4 Å². The zero-order valence-electron chi connectivity index (χ0n) is 9.53. The molecule has 0 N–H and O–H groups in total. The maximum Gasteiger partial charge on any atom is 0.131 e. The van der Waals surface area contributed by atoms with Crippen LogP contribution < -0.4 is 0 Å². The van der Waals surface area contributed by atoms with Gasteiger partial charge >= 0.3 is 0 Å². The summed E-state index contributed by atoms with van der Waals surface area (Å²) in [6, 6.07) is 16.7. The molecule has 0 aliphatic carbocycles. The quantitative estimate of drug-likeness (QED) is 0.574. The highest BCUT2D eigenvalue weighted by Gasteiger charge is 2.04. The summed E-state index contributed by atoms with van der Waals surface area (Å²) in [6.45, 7) is 0. The maximum absolute atomic E-state index is 13.7. The number of hydrogen-bond donors (Lipinski definition) is 0. The van der Waals surface area contributed by atoms with Crippen LogP contribution in [-0.2, 0) is 0 Å². The topological polar surface area (TPSA) is 0 Å². The van der Waals surface area contributed by atoms with Gasteiger partial charge in [0.05, 0.1) is 0 Å². The fourth-order valence-corrected chi connectivity index (χ4v) is 2.08. The van der Waals surface area contributed by atoms with Crippen molar-refractivity contribution in [1.29, 1.82) is 0 Å². The molecule has 3 aromatic carbocycles. The van der Waals surface area contributed by atoms with E-state index in [4.69, 9.17) is 0 Å². The molecular formula is C16H10F2. The Hall–Kier alpha value is -2.22. The first-order valence-electron chi connectivity index (χ1n) is 5.68. The van der Waals surface area contributed by atoms with Crippen LogP contribution in [0.2, 0.25) is 0 Å². The minimum atomic E-state index is -0.291. The summed E-state index contributed by atoms with van der Waals surface area (Å²) in [4.78, 5) is 0. The highest BCUT2D eigenvalue weighted by Crippen LogP contribution is 2.26. The largest absolute Gasteiger partial charge is 0.207 e. The second-order valence-corrected chi connectivity index (χ2v) is 4.19. The lowest BCUT2D eigenvalue weighted by Crippen LogP contribution is -1.83. The molecule has 0 aliphatic heterocycles. The highest BCUT2D eigenvalue weighted by atomic mass is 19.1. The van der Waals surface area contributed by atoms with Gasteiger partial charge in [-0.25, -0.2) is 8.78 Å². The summed E-state index contributed by atoms with van der Waals surface area (Å²) in [5.41, 5.74) is 1.56. The number of rotatable bonds is 1. The summed E-state index contributed by atoms with van der Waals surface area (Å²) < 4.78 is 26.9. The monoisotopic (exact) mass is 240 g/mol. The van der Waals surface area contributed by atoms with E-state index in [-0.39, 0.29) is 11.6 Å². The van der Waals surface area contributed by atoms with Crippen molar-refractivity contribution in [1.82, 2.24) is 0 Å². The maximum atomic E-state index is 13.7. The van der Waals surface area contributed by atoms with Crippen molar-refractivity contribution < 1.29 is 8.78 Å². The number of benzene rings is 3. The van der Waals surface area contributed by atoms with Gasteiger partial charge in [-0.05, 0) is 40.8 Å². The number of fused-ring (bicyclic) bond motifs is 1. The van der Waals surface area contributed by atoms with Crippen LogP contribution in [0.4, 0.5) is 8.78 Å². The zero-order chi connectivity index (χ0) is 12.5. The van der Waals surface area contributed by atoms with Crippen molar-refractivity contribution in [2.24, 2.45) is 0 Å². The summed E-state index contributed by atoms with van der Waals surface area (Å²) in [7, 11) is 0. The first kappa shape index (κ1) is 10.9. The van der Waals surface area contributed by atoms with Crippen LogP contribution in [0, 0.1) is 11.6 Å². The molecule has 0 heterocycles. The van der Waals surface area contributed by atoms with E-state index in [1.807, 2.05) is 24.3 Å². The molecule has 3 rings (SSSR count). The number of hydrogen-bond acceptors (Lipinski definition) is 0. The van der Waals surface area contributed by atoms with Crippen LogP contribution in [-0.4, -0.2) is 0 Å². The smallest absolute Gasteiger partial charge is 0.131 e. The van der Waals surface area contributed by atoms with Crippen molar-refractivity contribution >= 4 is 10.8 Å². The second kappa shape index (κ2) is 4.22. The standard InChI is InChI=1S/C16H10F2/c17-14-5-1-4-12(9-14)13-8-7-11-3-2-6-16(18)15(11)10-13/h1-10H. The van der Waals surface area contributed by atoms with Crippen molar-refractivity contribution in [3.05, 3.63) is 72.3 Å². The van der Waals surface area contributed by atoms with Gasteiger partial charge in [0, 0.05) is 5.39 Å². The Morgan fingerprint density at radius 3 is 2.28 bits per heavy atom. The van der Waals surface area contributed by atoms with Crippen molar-refractivity contribution in [2.45, 2.75) is 0 Å². The lowest BCUT2D eigenvalue weighted by atomic mass is 10.0. The van der Waals surface area contributed by atoms with Crippen LogP contribution in [0.3, 0.4) is 0 Å². The molecule has 0 aromatic heterocycles. The van der Waals surface area contributed by atoms with E-state index < -0.39 is 0 Å². The van der Waals surface area contributed by atoms with E-state index in [1.165, 1.54) is 18.2 Å². The lowest BCUT2D eigenvalue weighted by molar-refractivity contribution is 0.628. The Balaban J connectivity index is 2.22. The van der Waals surface area contributed by atoms with Crippen LogP contribution in [0.5, 0.6) is 0 Å². The Bertz CT molecular complexity index is 717. The Morgan fingerprint density at radius 2 is 1.44 bits per heavy atom. The third kappa shape index (κ3) is 1.86. The van der Waals surface area contributed by atoms with Crippen LogP contribution >= 0.6 is 0 Å². The van der Waals surface area contributed by atoms with E-state index in [0.717, 1.165) is 16.5 Å². The van der Waals surface area contributed by atoms with Gasteiger partial charge in [0.2, 0.25) is 0 Å². The molecule has 88 valence electrons. The van der Waals surface area contributed by atoms with Gasteiger partial charge in [0.1, 0.15) is 11.6 Å². The molecule has 0 saturated heterocycles. The molecule has 18 heavy (non-hydrogen) atoms. The predicted octanol–water partition coefficient (Wildman–Crippen LogP) is 4.79. The summed E-state index contributed by atoms with van der Waals surface area (Å²) >= 11 is 0. The molecule has 0 saturated carbocycles. The predicted molar refractivity (Wildman–Crippen MR) is 69.3 cm³/mol. The molecule has 2 heteroatoms. The van der Waals surface area contributed by atoms with E-state index in [9.17, 15) is 8.78 Å². The van der Waals surface area contributed by atoms with E-state index in [1.54, 1.807) is 18.2 Å². The molecule has 0 nitrogen and oxygen atoms in total. The van der Waals surface area contributed by atoms with Gasteiger partial charge in [-0.3, -0.25) is 0 Å². The van der Waals surface area contributed by atoms with Gasteiger partial charge in [-0.2, -0.15) is 0 Å². The van der Waals surface area contributed by atoms with Crippen LogP contribution in [0.1, 0.15) is 0 Å². The van der Waals surface area contributed by atoms with Crippen molar-refractivity contribution in [3.63, 3.8) is 0 Å². The van der Waals surface area contributed by atoms with Gasteiger partial charge in [0.25, 0.3) is 0 Å². The summed E-state index contributed by atoms with van der Waals surface area (Å²) in [5, 5.41) is 1.40. The normalized spacial score (nSPS) is 10.8. The van der Waals surface area contributed by atoms with E-state index in [0.29, 0.717) is 5.39 Å². The Kier molecular flexibility index (Phi) is 2.56. The molecule has 0 bridgehead atoms. The highest BCUT2D eigenvalue weighted by molar-refractivity contribution is 5.87. The van der Waals surface area contributed by atoms with Gasteiger partial charge in [0.15, 0.2) is 0 Å². The third-order valence-corrected chi connectivity index (χ3v) is 2.99. The van der Waals surface area contributed by atoms with Gasteiger partial charge < -0.3 is 0 Å². The van der Waals surface area contributed by atoms with Crippen LogP contribution in [0.25, 0.3) is 21.9 Å². The number of halogens is 2. The average Bonchev–Trinajstić information content (AvgIpc) is 2.39. The molecule has 0 spiro atoms. The summed E-state index contributed by atoms with van der Waals surface area (Å²) in [6.07, 6.45) is 0. The second-order valence-electron chi connectivity index (χ2n) is 4.19.